The van der Waals surface area contributed by atoms with Crippen molar-refractivity contribution in [2.45, 2.75) is 52.1 Å². The van der Waals surface area contributed by atoms with Gasteiger partial charge < -0.3 is 15.0 Å². The molecule has 0 aliphatic heterocycles. The number of nitrogens with one attached hydrogen (secondary N) is 1. The quantitative estimate of drug-likeness (QED) is 0.786. The van der Waals surface area contributed by atoms with Crippen molar-refractivity contribution < 1.29 is 14.7 Å². The van der Waals surface area contributed by atoms with Crippen molar-refractivity contribution in [1.29, 1.82) is 0 Å². The zero-order valence-electron chi connectivity index (χ0n) is 13.7. The van der Waals surface area contributed by atoms with Crippen LogP contribution in [0.1, 0.15) is 38.7 Å². The molecule has 0 spiro atoms. The molecular weight excluding hydrogens is 292 g/mol. The molecule has 124 valence electrons. The number of para-hydroxylation sites is 1. The third-order valence-corrected chi connectivity index (χ3v) is 4.04. The molecule has 0 aliphatic rings. The Morgan fingerprint density at radius 2 is 2.00 bits per heavy atom. The van der Waals surface area contributed by atoms with Crippen LogP contribution in [-0.4, -0.2) is 27.6 Å². The Morgan fingerprint density at radius 3 is 2.65 bits per heavy atom. The second kappa shape index (κ2) is 7.81. The molecule has 1 amide bonds. The molecule has 0 fully saturated rings. The first-order valence-corrected chi connectivity index (χ1v) is 8.15. The van der Waals surface area contributed by atoms with Crippen LogP contribution in [-0.2, 0) is 22.6 Å². The number of aryl methyl sites for hydroxylation is 1. The molecule has 0 saturated carbocycles. The van der Waals surface area contributed by atoms with Crippen LogP contribution in [0.25, 0.3) is 10.9 Å². The monoisotopic (exact) mass is 316 g/mol. The maximum absolute atomic E-state index is 12.2. The van der Waals surface area contributed by atoms with Gasteiger partial charge in [-0.2, -0.15) is 0 Å². The van der Waals surface area contributed by atoms with Crippen molar-refractivity contribution >= 4 is 22.8 Å². The van der Waals surface area contributed by atoms with Crippen molar-refractivity contribution in [2.75, 3.05) is 0 Å². The Hall–Kier alpha value is -2.30. The molecule has 1 aromatic carbocycles. The van der Waals surface area contributed by atoms with Gasteiger partial charge in [-0.25, -0.2) is 4.79 Å². The molecule has 2 aromatic rings. The number of fused-ring (bicyclic) bond motifs is 1. The summed E-state index contributed by atoms with van der Waals surface area (Å²) in [6, 6.07) is 7.15. The summed E-state index contributed by atoms with van der Waals surface area (Å²) in [4.78, 5) is 23.5. The summed E-state index contributed by atoms with van der Waals surface area (Å²) in [5.74, 6) is -1.21. The van der Waals surface area contributed by atoms with Gasteiger partial charge in [0.1, 0.15) is 6.04 Å². The number of benzene rings is 1. The highest BCUT2D eigenvalue weighted by Gasteiger charge is 2.20. The number of carboxylic acid groups (broad SMARTS) is 1. The van der Waals surface area contributed by atoms with E-state index in [-0.39, 0.29) is 12.3 Å². The Balaban J connectivity index is 2.12. The molecule has 2 rings (SSSR count). The van der Waals surface area contributed by atoms with E-state index in [0.717, 1.165) is 35.9 Å². The van der Waals surface area contributed by atoms with E-state index in [0.29, 0.717) is 6.42 Å². The van der Waals surface area contributed by atoms with Gasteiger partial charge in [0.15, 0.2) is 0 Å². The third kappa shape index (κ3) is 4.12. The van der Waals surface area contributed by atoms with Crippen LogP contribution < -0.4 is 5.32 Å². The fourth-order valence-electron chi connectivity index (χ4n) is 2.81. The summed E-state index contributed by atoms with van der Waals surface area (Å²) in [6.07, 6.45) is 4.33. The largest absolute Gasteiger partial charge is 0.480 e. The van der Waals surface area contributed by atoms with Gasteiger partial charge in [-0.3, -0.25) is 4.79 Å². The van der Waals surface area contributed by atoms with Crippen LogP contribution in [0.5, 0.6) is 0 Å². The van der Waals surface area contributed by atoms with E-state index in [1.165, 1.54) is 0 Å². The number of amides is 1. The minimum atomic E-state index is -0.970. The van der Waals surface area contributed by atoms with Gasteiger partial charge in [-0.15, -0.1) is 0 Å². The molecule has 1 aromatic heterocycles. The van der Waals surface area contributed by atoms with Gasteiger partial charge in [0.2, 0.25) is 5.91 Å². The average molecular weight is 316 g/mol. The second-order valence-electron chi connectivity index (χ2n) is 5.73. The average Bonchev–Trinajstić information content (AvgIpc) is 2.89. The SMILES string of the molecule is CCCCC(NC(=O)Cc1cn(CC)c2ccccc12)C(=O)O. The zero-order chi connectivity index (χ0) is 16.8. The molecule has 23 heavy (non-hydrogen) atoms. The molecule has 5 nitrogen and oxygen atoms in total. The van der Waals surface area contributed by atoms with Gasteiger partial charge in [0.05, 0.1) is 6.42 Å². The second-order valence-corrected chi connectivity index (χ2v) is 5.73. The minimum Gasteiger partial charge on any atom is -0.480 e. The number of unbranched alkanes of at least 4 members (excludes halogenated alkanes) is 1. The van der Waals surface area contributed by atoms with E-state index in [1.807, 2.05) is 37.4 Å². The number of hydrogen-bond acceptors (Lipinski definition) is 2. The number of rotatable bonds is 8. The lowest BCUT2D eigenvalue weighted by atomic mass is 10.1. The molecule has 0 saturated heterocycles. The Labute approximate surface area is 136 Å². The van der Waals surface area contributed by atoms with E-state index in [9.17, 15) is 14.7 Å². The highest BCUT2D eigenvalue weighted by Crippen LogP contribution is 2.21. The van der Waals surface area contributed by atoms with Crippen molar-refractivity contribution in [3.05, 3.63) is 36.0 Å². The lowest BCUT2D eigenvalue weighted by Gasteiger charge is -2.13. The number of aromatic nitrogens is 1. The fraction of sp³-hybridized carbons (Fsp3) is 0.444. The summed E-state index contributed by atoms with van der Waals surface area (Å²) >= 11 is 0. The maximum Gasteiger partial charge on any atom is 0.326 e. The normalized spacial score (nSPS) is 12.3. The molecule has 0 radical (unpaired) electrons. The van der Waals surface area contributed by atoms with Crippen LogP contribution in [0.2, 0.25) is 0 Å². The number of carbonyl (C=O) groups is 2. The molecule has 0 bridgehead atoms. The predicted octanol–water partition coefficient (Wildman–Crippen LogP) is 2.96. The van der Waals surface area contributed by atoms with E-state index >= 15 is 0 Å². The van der Waals surface area contributed by atoms with Crippen molar-refractivity contribution in [3.8, 4) is 0 Å². The Kier molecular flexibility index (Phi) is 5.79. The van der Waals surface area contributed by atoms with Gasteiger partial charge in [0.25, 0.3) is 0 Å². The van der Waals surface area contributed by atoms with Crippen LogP contribution in [0.4, 0.5) is 0 Å². The Bertz CT molecular complexity index is 691. The third-order valence-electron chi connectivity index (χ3n) is 4.04. The number of aliphatic carboxylic acids is 1. The molecule has 0 aliphatic carbocycles. The van der Waals surface area contributed by atoms with Crippen LogP contribution in [0.15, 0.2) is 30.5 Å². The van der Waals surface area contributed by atoms with Crippen LogP contribution in [0.3, 0.4) is 0 Å². The predicted molar refractivity (Wildman–Crippen MR) is 90.4 cm³/mol. The summed E-state index contributed by atoms with van der Waals surface area (Å²) in [6.45, 7) is 4.89. The minimum absolute atomic E-state index is 0.198. The number of nitrogens with zero attached hydrogens (tertiary/aromatic N) is 1. The van der Waals surface area contributed by atoms with Crippen molar-refractivity contribution in [3.63, 3.8) is 0 Å². The smallest absolute Gasteiger partial charge is 0.326 e. The summed E-state index contributed by atoms with van der Waals surface area (Å²) in [5, 5.41) is 12.9. The van der Waals surface area contributed by atoms with Gasteiger partial charge in [-0.1, -0.05) is 38.0 Å². The highest BCUT2D eigenvalue weighted by molar-refractivity contribution is 5.91. The Morgan fingerprint density at radius 1 is 1.26 bits per heavy atom. The lowest BCUT2D eigenvalue weighted by molar-refractivity contribution is -0.141. The van der Waals surface area contributed by atoms with Gasteiger partial charge in [-0.05, 0) is 25.0 Å². The first-order chi connectivity index (χ1) is 11.1. The zero-order valence-corrected chi connectivity index (χ0v) is 13.7. The molecule has 1 atom stereocenters. The highest BCUT2D eigenvalue weighted by atomic mass is 16.4. The molecule has 5 heteroatoms. The van der Waals surface area contributed by atoms with Crippen molar-refractivity contribution in [2.24, 2.45) is 0 Å². The summed E-state index contributed by atoms with van der Waals surface area (Å²) in [7, 11) is 0. The number of carbonyl (C=O) groups excluding carboxylic acids is 1. The molecule has 1 unspecified atom stereocenters. The summed E-state index contributed by atoms with van der Waals surface area (Å²) < 4.78 is 2.10. The van der Waals surface area contributed by atoms with E-state index in [1.54, 1.807) is 0 Å². The van der Waals surface area contributed by atoms with Crippen LogP contribution >= 0.6 is 0 Å². The van der Waals surface area contributed by atoms with Crippen molar-refractivity contribution in [1.82, 2.24) is 9.88 Å². The van der Waals surface area contributed by atoms with E-state index in [4.69, 9.17) is 0 Å². The first kappa shape index (κ1) is 17.1. The fourth-order valence-corrected chi connectivity index (χ4v) is 2.81. The molecule has 1 heterocycles. The summed E-state index contributed by atoms with van der Waals surface area (Å²) in [5.41, 5.74) is 2.03. The lowest BCUT2D eigenvalue weighted by Crippen LogP contribution is -2.41. The topological polar surface area (TPSA) is 71.3 Å². The van der Waals surface area contributed by atoms with E-state index < -0.39 is 12.0 Å². The van der Waals surface area contributed by atoms with E-state index in [2.05, 4.69) is 16.8 Å². The first-order valence-electron chi connectivity index (χ1n) is 8.15. The standard InChI is InChI=1S/C18H24N2O3/c1-3-5-9-15(18(22)23)19-17(21)11-13-12-20(4-2)16-10-7-6-8-14(13)16/h6-8,10,12,15H,3-5,9,11H2,1-2H3,(H,19,21)(H,22,23). The van der Waals surface area contributed by atoms with Gasteiger partial charge in [0, 0.05) is 23.6 Å². The maximum atomic E-state index is 12.2. The molecule has 2 N–H and O–H groups in total. The molecular formula is C18H24N2O3. The van der Waals surface area contributed by atoms with Crippen LogP contribution in [0, 0.1) is 0 Å². The van der Waals surface area contributed by atoms with Gasteiger partial charge >= 0.3 is 5.97 Å². The number of hydrogen-bond donors (Lipinski definition) is 2. The number of carboxylic acids is 1.